The fraction of sp³-hybridized carbons (Fsp3) is 0.353. The molecule has 0 atom stereocenters. The van der Waals surface area contributed by atoms with Gasteiger partial charge in [-0.2, -0.15) is 5.48 Å². The lowest BCUT2D eigenvalue weighted by Crippen LogP contribution is -2.73. The van der Waals surface area contributed by atoms with E-state index in [1.807, 2.05) is 0 Å². The van der Waals surface area contributed by atoms with Gasteiger partial charge in [0.15, 0.2) is 5.75 Å². The average Bonchev–Trinajstić information content (AvgIpc) is 2.50. The number of hydrogen-bond donors (Lipinski definition) is 2. The molecule has 0 aliphatic heterocycles. The van der Waals surface area contributed by atoms with Crippen LogP contribution in [0, 0.1) is 5.82 Å². The lowest BCUT2D eigenvalue weighted by molar-refractivity contribution is -0.125. The predicted octanol–water partition coefficient (Wildman–Crippen LogP) is 3.75. The first-order valence-electron chi connectivity index (χ1n) is 8.00. The molecule has 0 spiro atoms. The Bertz CT molecular complexity index is 891. The van der Waals surface area contributed by atoms with Gasteiger partial charge in [-0.3, -0.25) is 9.78 Å². The molecule has 9 heteroatoms. The molecule has 5 rings (SSSR count). The highest BCUT2D eigenvalue weighted by atomic mass is 79.9. The Hall–Kier alpha value is -1.93. The Morgan fingerprint density at radius 3 is 2.73 bits per heavy atom. The molecule has 136 valence electrons. The first kappa shape index (κ1) is 17.5. The van der Waals surface area contributed by atoms with Crippen molar-refractivity contribution in [2.24, 2.45) is 0 Å². The number of nitrogens with zero attached hydrogens (tertiary/aromatic N) is 2. The van der Waals surface area contributed by atoms with Gasteiger partial charge in [-0.05, 0) is 47.3 Å². The number of nitrogens with one attached hydrogen (secondary N) is 2. The van der Waals surface area contributed by atoms with Crippen LogP contribution in [-0.2, 0) is 10.2 Å². The molecule has 3 fully saturated rings. The first-order chi connectivity index (χ1) is 12.3. The van der Waals surface area contributed by atoms with Gasteiger partial charge in [0.05, 0.1) is 17.4 Å². The molecule has 2 bridgehead atoms. The molecule has 1 aromatic carbocycles. The van der Waals surface area contributed by atoms with Crippen molar-refractivity contribution < 1.29 is 14.0 Å². The minimum Gasteiger partial charge on any atom is -0.378 e. The van der Waals surface area contributed by atoms with Gasteiger partial charge in [-0.25, -0.2) is 9.37 Å². The van der Waals surface area contributed by atoms with E-state index in [4.69, 9.17) is 16.4 Å². The maximum Gasteiger partial charge on any atom is 0.249 e. The van der Waals surface area contributed by atoms with Crippen LogP contribution in [0.25, 0.3) is 0 Å². The molecule has 3 saturated carbocycles. The van der Waals surface area contributed by atoms with E-state index in [1.165, 1.54) is 19.1 Å². The van der Waals surface area contributed by atoms with Crippen LogP contribution in [0.1, 0.15) is 31.7 Å². The summed E-state index contributed by atoms with van der Waals surface area (Å²) in [4.78, 5) is 24.6. The summed E-state index contributed by atoms with van der Waals surface area (Å²) in [6.07, 6.45) is 5.51. The van der Waals surface area contributed by atoms with Crippen LogP contribution in [-0.4, -0.2) is 21.4 Å². The maximum absolute atomic E-state index is 14.5. The highest BCUT2D eigenvalue weighted by Gasteiger charge is 2.70. The predicted molar refractivity (Wildman–Crippen MR) is 97.5 cm³/mol. The molecular formula is C17H15BrClFN4O2. The highest BCUT2D eigenvalue weighted by Crippen LogP contribution is 2.70. The number of benzene rings is 1. The molecule has 0 saturated heterocycles. The third kappa shape index (κ3) is 2.81. The van der Waals surface area contributed by atoms with Crippen molar-refractivity contribution in [2.45, 2.75) is 37.1 Å². The number of anilines is 1. The summed E-state index contributed by atoms with van der Waals surface area (Å²) < 4.78 is 15.2. The third-order valence-corrected chi connectivity index (χ3v) is 5.68. The van der Waals surface area contributed by atoms with Crippen LogP contribution < -0.4 is 15.6 Å². The lowest BCUT2D eigenvalue weighted by atomic mass is 9.37. The van der Waals surface area contributed by atoms with Crippen LogP contribution in [0.3, 0.4) is 0 Å². The van der Waals surface area contributed by atoms with Crippen molar-refractivity contribution >= 4 is 39.3 Å². The van der Waals surface area contributed by atoms with Gasteiger partial charge >= 0.3 is 0 Å². The second-order valence-corrected chi connectivity index (χ2v) is 8.13. The van der Waals surface area contributed by atoms with Gasteiger partial charge < -0.3 is 10.2 Å². The Labute approximate surface area is 162 Å². The fourth-order valence-electron chi connectivity index (χ4n) is 4.08. The molecule has 0 unspecified atom stereocenters. The molecular weight excluding hydrogens is 427 g/mol. The number of rotatable bonds is 5. The summed E-state index contributed by atoms with van der Waals surface area (Å²) in [5, 5.41) is 3.60. The molecule has 1 heterocycles. The van der Waals surface area contributed by atoms with Crippen LogP contribution in [0.2, 0.25) is 5.02 Å². The number of hydrogen-bond acceptors (Lipinski definition) is 5. The topological polar surface area (TPSA) is 76.1 Å². The normalized spacial score (nSPS) is 25.7. The second kappa shape index (κ2) is 6.06. The van der Waals surface area contributed by atoms with E-state index < -0.39 is 0 Å². The van der Waals surface area contributed by atoms with E-state index >= 15 is 0 Å². The molecule has 3 aliphatic carbocycles. The van der Waals surface area contributed by atoms with E-state index in [1.54, 1.807) is 12.4 Å². The SMILES string of the molecule is CC(=O)NOc1ccc(F)c(C23CC(Nc4cncc(Br)n4)(C2)C3)c1Cl. The number of amides is 1. The zero-order valence-corrected chi connectivity index (χ0v) is 16.1. The first-order valence-corrected chi connectivity index (χ1v) is 9.17. The van der Waals surface area contributed by atoms with Gasteiger partial charge in [0.2, 0.25) is 5.91 Å². The smallest absolute Gasteiger partial charge is 0.249 e. The summed E-state index contributed by atoms with van der Waals surface area (Å²) in [7, 11) is 0. The fourth-order valence-corrected chi connectivity index (χ4v) is 4.79. The minimum atomic E-state index is -0.365. The zero-order valence-electron chi connectivity index (χ0n) is 13.8. The summed E-state index contributed by atoms with van der Waals surface area (Å²) in [5.41, 5.74) is 2.24. The number of aromatic nitrogens is 2. The minimum absolute atomic E-state index is 0.111. The summed E-state index contributed by atoms with van der Waals surface area (Å²) in [6, 6.07) is 2.73. The van der Waals surface area contributed by atoms with Crippen molar-refractivity contribution in [3.05, 3.63) is 45.5 Å². The van der Waals surface area contributed by atoms with Crippen LogP contribution in [0.4, 0.5) is 10.2 Å². The third-order valence-electron chi connectivity index (χ3n) is 4.92. The van der Waals surface area contributed by atoms with Crippen molar-refractivity contribution in [3.63, 3.8) is 0 Å². The van der Waals surface area contributed by atoms with Gasteiger partial charge in [-0.1, -0.05) is 11.6 Å². The summed E-state index contributed by atoms with van der Waals surface area (Å²) in [6.45, 7) is 1.32. The number of hydroxylamine groups is 1. The van der Waals surface area contributed by atoms with E-state index in [0.29, 0.717) is 16.0 Å². The van der Waals surface area contributed by atoms with Crippen molar-refractivity contribution in [1.29, 1.82) is 0 Å². The number of carbonyl (C=O) groups is 1. The largest absolute Gasteiger partial charge is 0.378 e. The zero-order chi connectivity index (χ0) is 18.5. The van der Waals surface area contributed by atoms with Gasteiger partial charge in [-0.15, -0.1) is 0 Å². The molecule has 26 heavy (non-hydrogen) atoms. The van der Waals surface area contributed by atoms with Crippen molar-refractivity contribution in [3.8, 4) is 5.75 Å². The molecule has 0 radical (unpaired) electrons. The summed E-state index contributed by atoms with van der Waals surface area (Å²) >= 11 is 9.68. The summed E-state index contributed by atoms with van der Waals surface area (Å²) in [5.74, 6) is 0.196. The van der Waals surface area contributed by atoms with E-state index in [9.17, 15) is 9.18 Å². The van der Waals surface area contributed by atoms with Crippen LogP contribution in [0.15, 0.2) is 29.1 Å². The second-order valence-electron chi connectivity index (χ2n) is 6.94. The quantitative estimate of drug-likeness (QED) is 0.691. The standard InChI is InChI=1S/C17H15BrClFN4O2/c1-9(25)24-26-11-3-2-10(20)14(15(11)19)16-6-17(7-16,8-16)23-13-5-21-4-12(18)22-13/h2-5H,6-8H2,1H3,(H,22,23)(H,24,25). The Morgan fingerprint density at radius 2 is 2.08 bits per heavy atom. The van der Waals surface area contributed by atoms with Crippen LogP contribution >= 0.6 is 27.5 Å². The Balaban J connectivity index is 1.52. The maximum atomic E-state index is 14.5. The van der Waals surface area contributed by atoms with E-state index in [0.717, 1.165) is 19.3 Å². The molecule has 2 N–H and O–H groups in total. The highest BCUT2D eigenvalue weighted by molar-refractivity contribution is 9.10. The number of carbonyl (C=O) groups excluding carboxylic acids is 1. The monoisotopic (exact) mass is 440 g/mol. The molecule has 1 aromatic heterocycles. The lowest BCUT2D eigenvalue weighted by Gasteiger charge is -2.71. The van der Waals surface area contributed by atoms with Crippen molar-refractivity contribution in [1.82, 2.24) is 15.4 Å². The molecule has 3 aliphatic rings. The molecule has 2 aromatic rings. The molecule has 6 nitrogen and oxygen atoms in total. The molecule has 1 amide bonds. The van der Waals surface area contributed by atoms with Gasteiger partial charge in [0.1, 0.15) is 16.2 Å². The van der Waals surface area contributed by atoms with Crippen LogP contribution in [0.5, 0.6) is 5.75 Å². The Morgan fingerprint density at radius 1 is 1.35 bits per heavy atom. The van der Waals surface area contributed by atoms with Gasteiger partial charge in [0.25, 0.3) is 0 Å². The van der Waals surface area contributed by atoms with E-state index in [-0.39, 0.29) is 33.5 Å². The van der Waals surface area contributed by atoms with Gasteiger partial charge in [0, 0.05) is 23.4 Å². The Kier molecular flexibility index (Phi) is 4.07. The van der Waals surface area contributed by atoms with Crippen molar-refractivity contribution in [2.75, 3.05) is 5.32 Å². The average molecular weight is 442 g/mol. The number of halogens is 3. The van der Waals surface area contributed by atoms with E-state index in [2.05, 4.69) is 36.7 Å².